The summed E-state index contributed by atoms with van der Waals surface area (Å²) in [6, 6.07) is 0. The molecule has 0 atom stereocenters. The fraction of sp³-hybridized carbons (Fsp3) is 0.250. The van der Waals surface area contributed by atoms with E-state index in [2.05, 4.69) is 41.9 Å². The van der Waals surface area contributed by atoms with Crippen LogP contribution in [0.3, 0.4) is 0 Å². The Bertz CT molecular complexity index is 461. The molecule has 0 N–H and O–H groups in total. The summed E-state index contributed by atoms with van der Waals surface area (Å²) in [7, 11) is 0. The van der Waals surface area contributed by atoms with Gasteiger partial charge in [-0.2, -0.15) is 0 Å². The van der Waals surface area contributed by atoms with Crippen molar-refractivity contribution in [2.45, 2.75) is 13.8 Å². The minimum Gasteiger partial charge on any atom is -0.258 e. The summed E-state index contributed by atoms with van der Waals surface area (Å²) in [5.41, 5.74) is 9.81. The summed E-state index contributed by atoms with van der Waals surface area (Å²) in [6.45, 7) is 3.28. The van der Waals surface area contributed by atoms with Crippen LogP contribution in [0.15, 0.2) is 14.1 Å². The Morgan fingerprint density at radius 1 is 1.31 bits per heavy atom. The van der Waals surface area contributed by atoms with Crippen LogP contribution in [0.5, 0.6) is 0 Å². The number of nitro benzene ring substituents is 1. The molecule has 0 heterocycles. The molecule has 84 valence electrons. The van der Waals surface area contributed by atoms with Crippen LogP contribution in [0.4, 0.5) is 11.4 Å². The van der Waals surface area contributed by atoms with Crippen molar-refractivity contribution in [3.8, 4) is 0 Å². The lowest BCUT2D eigenvalue weighted by Gasteiger charge is -2.09. The summed E-state index contributed by atoms with van der Waals surface area (Å²) in [4.78, 5) is 13.1. The molecule has 16 heavy (non-hydrogen) atoms. The third-order valence-corrected chi connectivity index (χ3v) is 4.28. The van der Waals surface area contributed by atoms with Gasteiger partial charge in [0.15, 0.2) is 0 Å². The Morgan fingerprint density at radius 2 is 1.88 bits per heavy atom. The summed E-state index contributed by atoms with van der Waals surface area (Å²) in [5.74, 6) is 0. The van der Waals surface area contributed by atoms with Gasteiger partial charge >= 0.3 is 0 Å². The molecular weight excluding hydrogens is 344 g/mol. The highest BCUT2D eigenvalue weighted by Gasteiger charge is 2.23. The summed E-state index contributed by atoms with van der Waals surface area (Å²) >= 11 is 6.28. The first kappa shape index (κ1) is 13.0. The molecule has 0 aromatic heterocycles. The maximum atomic E-state index is 10.9. The van der Waals surface area contributed by atoms with Crippen molar-refractivity contribution in [2.75, 3.05) is 0 Å². The molecule has 0 saturated carbocycles. The minimum atomic E-state index is -0.475. The van der Waals surface area contributed by atoms with E-state index in [4.69, 9.17) is 5.53 Å². The number of hydrogen-bond donors (Lipinski definition) is 0. The summed E-state index contributed by atoms with van der Waals surface area (Å²) < 4.78 is 0.670. The lowest BCUT2D eigenvalue weighted by Crippen LogP contribution is -1.97. The molecule has 1 rings (SSSR count). The molecule has 0 unspecified atom stereocenters. The first-order chi connectivity index (χ1) is 7.41. The number of nitro groups is 1. The van der Waals surface area contributed by atoms with Crippen molar-refractivity contribution in [1.82, 2.24) is 0 Å². The average Bonchev–Trinajstić information content (AvgIpc) is 2.21. The molecule has 0 aliphatic carbocycles. The molecule has 0 saturated heterocycles. The maximum Gasteiger partial charge on any atom is 0.287 e. The van der Waals surface area contributed by atoms with Gasteiger partial charge < -0.3 is 0 Å². The molecule has 0 radical (unpaired) electrons. The molecule has 0 aliphatic heterocycles. The van der Waals surface area contributed by atoms with Gasteiger partial charge in [-0.3, -0.25) is 10.1 Å². The van der Waals surface area contributed by atoms with E-state index in [-0.39, 0.29) is 10.2 Å². The highest BCUT2D eigenvalue weighted by molar-refractivity contribution is 9.13. The molecule has 0 amide bonds. The quantitative estimate of drug-likeness (QED) is 0.255. The van der Waals surface area contributed by atoms with Gasteiger partial charge in [-0.05, 0) is 56.8 Å². The normalized spacial score (nSPS) is 9.75. The van der Waals surface area contributed by atoms with Crippen molar-refractivity contribution in [3.63, 3.8) is 0 Å². The van der Waals surface area contributed by atoms with Gasteiger partial charge in [0.2, 0.25) is 0 Å². The molecule has 0 bridgehead atoms. The summed E-state index contributed by atoms with van der Waals surface area (Å²) in [5, 5.41) is 14.4. The van der Waals surface area contributed by atoms with Crippen LogP contribution < -0.4 is 0 Å². The third kappa shape index (κ3) is 2.04. The molecule has 0 spiro atoms. The van der Waals surface area contributed by atoms with Gasteiger partial charge in [-0.15, -0.1) is 0 Å². The first-order valence-electron chi connectivity index (χ1n) is 4.09. The predicted octanol–water partition coefficient (Wildman–Crippen LogP) is 4.68. The van der Waals surface area contributed by atoms with E-state index < -0.39 is 4.92 Å². The zero-order chi connectivity index (χ0) is 12.5. The van der Waals surface area contributed by atoms with Crippen molar-refractivity contribution < 1.29 is 4.92 Å². The average molecular weight is 350 g/mol. The second-order valence-corrected chi connectivity index (χ2v) is 4.61. The highest BCUT2D eigenvalue weighted by atomic mass is 79.9. The van der Waals surface area contributed by atoms with Gasteiger partial charge in [0, 0.05) is 14.9 Å². The van der Waals surface area contributed by atoms with Gasteiger partial charge in [0.05, 0.1) is 10.6 Å². The molecule has 8 heteroatoms. The Hall–Kier alpha value is -1.11. The van der Waals surface area contributed by atoms with Crippen molar-refractivity contribution in [3.05, 3.63) is 40.6 Å². The van der Waals surface area contributed by atoms with Crippen molar-refractivity contribution >= 4 is 43.2 Å². The van der Waals surface area contributed by atoms with Gasteiger partial charge in [0.25, 0.3) is 5.69 Å². The largest absolute Gasteiger partial charge is 0.287 e. The second-order valence-electron chi connectivity index (χ2n) is 3.02. The van der Waals surface area contributed by atoms with Crippen LogP contribution in [0.2, 0.25) is 0 Å². The number of nitrogens with zero attached hydrogens (tertiary/aromatic N) is 4. The van der Waals surface area contributed by atoms with Crippen LogP contribution in [0, 0.1) is 24.0 Å². The fourth-order valence-electron chi connectivity index (χ4n) is 1.27. The molecule has 6 nitrogen and oxygen atoms in total. The van der Waals surface area contributed by atoms with E-state index in [9.17, 15) is 10.1 Å². The van der Waals surface area contributed by atoms with E-state index in [0.717, 1.165) is 0 Å². The maximum absolute atomic E-state index is 10.9. The molecule has 0 fully saturated rings. The minimum absolute atomic E-state index is 0.0266. The van der Waals surface area contributed by atoms with Crippen molar-refractivity contribution in [2.24, 2.45) is 5.11 Å². The summed E-state index contributed by atoms with van der Waals surface area (Å²) in [6.07, 6.45) is 0. The first-order valence-corrected chi connectivity index (χ1v) is 5.68. The number of azide groups is 1. The van der Waals surface area contributed by atoms with Crippen LogP contribution in [0.25, 0.3) is 10.4 Å². The van der Waals surface area contributed by atoms with E-state index in [0.29, 0.717) is 21.3 Å². The molecular formula is C8H6Br2N4O2. The monoisotopic (exact) mass is 348 g/mol. The predicted molar refractivity (Wildman–Crippen MR) is 66.8 cm³/mol. The number of hydrogen-bond acceptors (Lipinski definition) is 3. The Morgan fingerprint density at radius 3 is 2.31 bits per heavy atom. The Balaban J connectivity index is 3.76. The van der Waals surface area contributed by atoms with E-state index >= 15 is 0 Å². The zero-order valence-electron chi connectivity index (χ0n) is 8.36. The fourth-order valence-corrected chi connectivity index (χ4v) is 2.47. The molecule has 1 aromatic carbocycles. The van der Waals surface area contributed by atoms with Crippen LogP contribution in [-0.2, 0) is 0 Å². The molecule has 1 aromatic rings. The standard InChI is InChI=1S/C8H6Br2N4O2/c1-3-4(2)8(14(15)16)6(10)5(9)7(3)12-13-11/h1-2H3. The zero-order valence-corrected chi connectivity index (χ0v) is 11.5. The lowest BCUT2D eigenvalue weighted by atomic mass is 10.1. The topological polar surface area (TPSA) is 91.9 Å². The van der Waals surface area contributed by atoms with Crippen LogP contribution >= 0.6 is 31.9 Å². The number of benzene rings is 1. The van der Waals surface area contributed by atoms with Crippen molar-refractivity contribution in [1.29, 1.82) is 0 Å². The van der Waals surface area contributed by atoms with Gasteiger partial charge in [0.1, 0.15) is 4.47 Å². The second kappa shape index (κ2) is 4.82. The smallest absolute Gasteiger partial charge is 0.258 e. The van der Waals surface area contributed by atoms with E-state index in [1.54, 1.807) is 13.8 Å². The number of rotatable bonds is 2. The van der Waals surface area contributed by atoms with E-state index in [1.807, 2.05) is 0 Å². The third-order valence-electron chi connectivity index (χ3n) is 2.21. The van der Waals surface area contributed by atoms with Crippen LogP contribution in [0.1, 0.15) is 11.1 Å². The highest BCUT2D eigenvalue weighted by Crippen LogP contribution is 2.44. The number of halogens is 2. The van der Waals surface area contributed by atoms with Gasteiger partial charge in [-0.1, -0.05) is 5.11 Å². The molecule has 0 aliphatic rings. The SMILES string of the molecule is Cc1c(C)c([N+](=O)[O-])c(Br)c(Br)c1N=[N+]=[N-]. The van der Waals surface area contributed by atoms with Gasteiger partial charge in [-0.25, -0.2) is 0 Å². The Kier molecular flexibility index (Phi) is 3.90. The lowest BCUT2D eigenvalue weighted by molar-refractivity contribution is -0.386. The van der Waals surface area contributed by atoms with Crippen LogP contribution in [-0.4, -0.2) is 4.92 Å². The van der Waals surface area contributed by atoms with E-state index in [1.165, 1.54) is 0 Å². The Labute approximate surface area is 108 Å².